The van der Waals surface area contributed by atoms with E-state index in [9.17, 15) is 9.59 Å². The van der Waals surface area contributed by atoms with Gasteiger partial charge in [0, 0.05) is 16.4 Å². The molecule has 0 aliphatic heterocycles. The van der Waals surface area contributed by atoms with E-state index in [-0.39, 0.29) is 11.3 Å². The van der Waals surface area contributed by atoms with Gasteiger partial charge in [0.2, 0.25) is 0 Å². The van der Waals surface area contributed by atoms with Crippen molar-refractivity contribution in [3.8, 4) is 0 Å². The second-order valence-corrected chi connectivity index (χ2v) is 7.18. The lowest BCUT2D eigenvalue weighted by Gasteiger charge is -2.12. The van der Waals surface area contributed by atoms with Crippen LogP contribution < -0.4 is 10.9 Å². The highest BCUT2D eigenvalue weighted by molar-refractivity contribution is 9.10. The van der Waals surface area contributed by atoms with Crippen LogP contribution in [0.2, 0.25) is 5.02 Å². The molecule has 0 saturated heterocycles. The van der Waals surface area contributed by atoms with Gasteiger partial charge >= 0.3 is 0 Å². The Bertz CT molecular complexity index is 1030. The molecule has 3 aromatic rings. The first-order chi connectivity index (χ1) is 12.5. The first-order valence-electron chi connectivity index (χ1n) is 8.27. The third-order valence-electron chi connectivity index (χ3n) is 3.99. The maximum atomic E-state index is 12.8. The first-order valence-corrected chi connectivity index (χ1v) is 9.44. The van der Waals surface area contributed by atoms with Gasteiger partial charge in [-0.3, -0.25) is 9.59 Å². The number of hydrogen-bond acceptors (Lipinski definition) is 3. The normalized spacial score (nSPS) is 10.9. The number of unbranched alkanes of at least 4 members (excludes halogenated alkanes) is 1. The molecule has 0 spiro atoms. The Morgan fingerprint density at radius 3 is 2.65 bits per heavy atom. The van der Waals surface area contributed by atoms with Crippen molar-refractivity contribution in [2.75, 3.05) is 5.32 Å². The molecule has 0 fully saturated rings. The summed E-state index contributed by atoms with van der Waals surface area (Å²) in [5, 5.41) is 8.51. The quantitative estimate of drug-likeness (QED) is 0.623. The number of anilines is 1. The van der Waals surface area contributed by atoms with Crippen molar-refractivity contribution in [2.24, 2.45) is 0 Å². The first kappa shape index (κ1) is 18.6. The number of amides is 1. The number of nitrogens with one attached hydrogen (secondary N) is 1. The SMILES string of the molecule is CCCCn1nc(C(=O)Nc2ccc(Br)cc2Cl)c2ccccc2c1=O. The van der Waals surface area contributed by atoms with E-state index in [1.54, 1.807) is 42.5 Å². The number of aryl methyl sites for hydroxylation is 1. The number of carbonyl (C=O) groups is 1. The number of fused-ring (bicyclic) bond motifs is 1. The summed E-state index contributed by atoms with van der Waals surface area (Å²) in [4.78, 5) is 25.4. The molecule has 0 saturated carbocycles. The molecular formula is C19H17BrClN3O2. The molecule has 134 valence electrons. The number of nitrogens with zero attached hydrogens (tertiary/aromatic N) is 2. The van der Waals surface area contributed by atoms with Gasteiger partial charge in [0.05, 0.1) is 16.1 Å². The Morgan fingerprint density at radius 2 is 1.96 bits per heavy atom. The molecule has 1 aromatic heterocycles. The lowest BCUT2D eigenvalue weighted by atomic mass is 10.1. The standard InChI is InChI=1S/C19H17BrClN3O2/c1-2-3-10-24-19(26)14-7-5-4-6-13(14)17(23-24)18(25)22-16-9-8-12(20)11-15(16)21/h4-9,11H,2-3,10H2,1H3,(H,22,25). The van der Waals surface area contributed by atoms with Gasteiger partial charge in [-0.15, -0.1) is 0 Å². The van der Waals surface area contributed by atoms with E-state index in [1.165, 1.54) is 4.68 Å². The summed E-state index contributed by atoms with van der Waals surface area (Å²) in [6, 6.07) is 12.2. The van der Waals surface area contributed by atoms with Gasteiger partial charge in [0.1, 0.15) is 0 Å². The van der Waals surface area contributed by atoms with Gasteiger partial charge in [-0.05, 0) is 30.7 Å². The largest absolute Gasteiger partial charge is 0.319 e. The van der Waals surface area contributed by atoms with Crippen molar-refractivity contribution in [3.05, 3.63) is 68.0 Å². The fourth-order valence-corrected chi connectivity index (χ4v) is 3.36. The molecule has 5 nitrogen and oxygen atoms in total. The molecule has 0 aliphatic rings. The molecule has 0 aliphatic carbocycles. The van der Waals surface area contributed by atoms with E-state index in [0.29, 0.717) is 28.0 Å². The number of hydrogen-bond donors (Lipinski definition) is 1. The van der Waals surface area contributed by atoms with E-state index >= 15 is 0 Å². The highest BCUT2D eigenvalue weighted by atomic mass is 79.9. The predicted octanol–water partition coefficient (Wildman–Crippen LogP) is 4.86. The van der Waals surface area contributed by atoms with Crippen LogP contribution >= 0.6 is 27.5 Å². The van der Waals surface area contributed by atoms with Crippen LogP contribution in [-0.4, -0.2) is 15.7 Å². The van der Waals surface area contributed by atoms with Crippen LogP contribution in [0.15, 0.2) is 51.7 Å². The summed E-state index contributed by atoms with van der Waals surface area (Å²) in [6.45, 7) is 2.51. The molecule has 1 N–H and O–H groups in total. The van der Waals surface area contributed by atoms with Crippen molar-refractivity contribution >= 4 is 49.9 Å². The number of aromatic nitrogens is 2. The van der Waals surface area contributed by atoms with Gasteiger partial charge in [-0.1, -0.05) is 59.1 Å². The Balaban J connectivity index is 2.06. The van der Waals surface area contributed by atoms with Crippen molar-refractivity contribution in [1.29, 1.82) is 0 Å². The maximum Gasteiger partial charge on any atom is 0.276 e. The van der Waals surface area contributed by atoms with Crippen LogP contribution in [0, 0.1) is 0 Å². The van der Waals surface area contributed by atoms with Crippen LogP contribution in [0.4, 0.5) is 5.69 Å². The maximum absolute atomic E-state index is 12.8. The Morgan fingerprint density at radius 1 is 1.23 bits per heavy atom. The van der Waals surface area contributed by atoms with E-state index in [4.69, 9.17) is 11.6 Å². The Hall–Kier alpha value is -2.18. The summed E-state index contributed by atoms with van der Waals surface area (Å²) in [7, 11) is 0. The zero-order valence-electron chi connectivity index (χ0n) is 14.1. The fraction of sp³-hybridized carbons (Fsp3) is 0.211. The van der Waals surface area contributed by atoms with Crippen LogP contribution in [0.3, 0.4) is 0 Å². The second kappa shape index (κ2) is 8.01. The third-order valence-corrected chi connectivity index (χ3v) is 4.79. The summed E-state index contributed by atoms with van der Waals surface area (Å²) in [6.07, 6.45) is 1.74. The average Bonchev–Trinajstić information content (AvgIpc) is 2.63. The minimum atomic E-state index is -0.407. The highest BCUT2D eigenvalue weighted by Crippen LogP contribution is 2.26. The van der Waals surface area contributed by atoms with Crippen LogP contribution in [-0.2, 0) is 6.54 Å². The third kappa shape index (κ3) is 3.81. The minimum absolute atomic E-state index is 0.188. The summed E-state index contributed by atoms with van der Waals surface area (Å²) in [5.41, 5.74) is 0.500. The summed E-state index contributed by atoms with van der Waals surface area (Å²) in [5.74, 6) is -0.407. The molecule has 0 unspecified atom stereocenters. The molecule has 7 heteroatoms. The molecule has 2 aromatic carbocycles. The zero-order chi connectivity index (χ0) is 18.7. The predicted molar refractivity (Wildman–Crippen MR) is 108 cm³/mol. The van der Waals surface area contributed by atoms with Crippen molar-refractivity contribution in [2.45, 2.75) is 26.3 Å². The van der Waals surface area contributed by atoms with Crippen LogP contribution in [0.5, 0.6) is 0 Å². The van der Waals surface area contributed by atoms with Crippen molar-refractivity contribution in [3.63, 3.8) is 0 Å². The lowest BCUT2D eigenvalue weighted by Crippen LogP contribution is -2.27. The molecule has 1 amide bonds. The van der Waals surface area contributed by atoms with Gasteiger partial charge < -0.3 is 5.32 Å². The topological polar surface area (TPSA) is 64.0 Å². The minimum Gasteiger partial charge on any atom is -0.319 e. The average molecular weight is 435 g/mol. The van der Waals surface area contributed by atoms with E-state index in [1.807, 2.05) is 6.92 Å². The van der Waals surface area contributed by atoms with E-state index in [0.717, 1.165) is 17.3 Å². The smallest absolute Gasteiger partial charge is 0.276 e. The number of carbonyl (C=O) groups excluding carboxylic acids is 1. The molecule has 0 bridgehead atoms. The van der Waals surface area contributed by atoms with Crippen molar-refractivity contribution in [1.82, 2.24) is 9.78 Å². The molecule has 0 radical (unpaired) electrons. The molecule has 1 heterocycles. The van der Waals surface area contributed by atoms with Gasteiger partial charge in [0.25, 0.3) is 11.5 Å². The number of benzene rings is 2. The van der Waals surface area contributed by atoms with Crippen molar-refractivity contribution < 1.29 is 4.79 Å². The van der Waals surface area contributed by atoms with Crippen LogP contribution in [0.1, 0.15) is 30.3 Å². The summed E-state index contributed by atoms with van der Waals surface area (Å²) >= 11 is 9.52. The number of halogens is 2. The molecular weight excluding hydrogens is 418 g/mol. The summed E-state index contributed by atoms with van der Waals surface area (Å²) < 4.78 is 2.18. The molecule has 0 atom stereocenters. The van der Waals surface area contributed by atoms with E-state index in [2.05, 4.69) is 26.3 Å². The van der Waals surface area contributed by atoms with Crippen LogP contribution in [0.25, 0.3) is 10.8 Å². The molecule has 26 heavy (non-hydrogen) atoms. The van der Waals surface area contributed by atoms with Gasteiger partial charge in [-0.2, -0.15) is 5.10 Å². The van der Waals surface area contributed by atoms with Gasteiger partial charge in [-0.25, -0.2) is 4.68 Å². The Labute approximate surface area is 164 Å². The zero-order valence-corrected chi connectivity index (χ0v) is 16.5. The highest BCUT2D eigenvalue weighted by Gasteiger charge is 2.17. The van der Waals surface area contributed by atoms with E-state index < -0.39 is 5.91 Å². The Kier molecular flexibility index (Phi) is 5.74. The molecule has 3 rings (SSSR count). The lowest BCUT2D eigenvalue weighted by molar-refractivity contribution is 0.102. The van der Waals surface area contributed by atoms with Gasteiger partial charge in [0.15, 0.2) is 5.69 Å². The number of rotatable bonds is 5. The second-order valence-electron chi connectivity index (χ2n) is 5.85. The monoisotopic (exact) mass is 433 g/mol. The fourth-order valence-electron chi connectivity index (χ4n) is 2.63.